The van der Waals surface area contributed by atoms with Gasteiger partial charge in [-0.15, -0.1) is 0 Å². The van der Waals surface area contributed by atoms with E-state index >= 15 is 4.39 Å². The van der Waals surface area contributed by atoms with E-state index in [9.17, 15) is 19.5 Å². The van der Waals surface area contributed by atoms with E-state index < -0.39 is 17.2 Å². The number of carbonyl (C=O) groups excluding carboxylic acids is 1. The van der Waals surface area contributed by atoms with Gasteiger partial charge in [0, 0.05) is 62.3 Å². The molecule has 8 nitrogen and oxygen atoms in total. The maximum Gasteiger partial charge on any atom is 0.341 e. The van der Waals surface area contributed by atoms with Crippen LogP contribution in [0.25, 0.3) is 10.9 Å². The number of Topliss-reactive ketones (excluding diaryl/α,β-unsaturated/α-hetero) is 1. The highest BCUT2D eigenvalue weighted by atomic mass is 19.1. The summed E-state index contributed by atoms with van der Waals surface area (Å²) in [6.45, 7) is 5.51. The summed E-state index contributed by atoms with van der Waals surface area (Å²) in [6.07, 6.45) is 2.96. The van der Waals surface area contributed by atoms with Crippen molar-refractivity contribution in [3.63, 3.8) is 0 Å². The Bertz CT molecular complexity index is 1440. The fourth-order valence-electron chi connectivity index (χ4n) is 5.54. The molecule has 2 aromatic carbocycles. The average Bonchev–Trinajstić information content (AvgIpc) is 2.90. The van der Waals surface area contributed by atoms with E-state index in [4.69, 9.17) is 4.74 Å². The Hall–Kier alpha value is -3.72. The molecule has 1 aliphatic carbocycles. The number of aromatic nitrogens is 1. The Labute approximate surface area is 213 Å². The van der Waals surface area contributed by atoms with Gasteiger partial charge in [0.2, 0.25) is 5.43 Å². The molecule has 1 fully saturated rings. The predicted molar refractivity (Wildman–Crippen MR) is 139 cm³/mol. The van der Waals surface area contributed by atoms with E-state index in [1.54, 1.807) is 17.7 Å². The van der Waals surface area contributed by atoms with Gasteiger partial charge in [-0.2, -0.15) is 0 Å². The van der Waals surface area contributed by atoms with Gasteiger partial charge in [-0.1, -0.05) is 0 Å². The van der Waals surface area contributed by atoms with Crippen LogP contribution in [0.1, 0.15) is 39.6 Å². The molecule has 3 aromatic rings. The number of methoxy groups -OCH3 is 1. The summed E-state index contributed by atoms with van der Waals surface area (Å²) in [5.41, 5.74) is 1.68. The third kappa shape index (κ3) is 4.59. The van der Waals surface area contributed by atoms with Crippen molar-refractivity contribution in [1.29, 1.82) is 0 Å². The highest BCUT2D eigenvalue weighted by Gasteiger charge is 2.31. The minimum Gasteiger partial charge on any atom is -0.497 e. The number of halogens is 1. The SMILES string of the molecule is CCn1cc(C(=O)O)c(=O)c2cc(F)c(N3CCN(CC4CCc5cc(OC)ccc5C4=O)CC3)cc21. The number of benzene rings is 2. The van der Waals surface area contributed by atoms with Gasteiger partial charge in [0.25, 0.3) is 0 Å². The lowest BCUT2D eigenvalue weighted by molar-refractivity contribution is 0.0694. The van der Waals surface area contributed by atoms with Gasteiger partial charge in [-0.05, 0) is 55.7 Å². The second kappa shape index (κ2) is 9.97. The molecule has 2 aliphatic rings. The first-order chi connectivity index (χ1) is 17.8. The number of aromatic carboxylic acids is 1. The topological polar surface area (TPSA) is 92.1 Å². The largest absolute Gasteiger partial charge is 0.497 e. The first kappa shape index (κ1) is 25.0. The van der Waals surface area contributed by atoms with Crippen LogP contribution in [0.5, 0.6) is 5.75 Å². The number of pyridine rings is 1. The Morgan fingerprint density at radius 1 is 1.14 bits per heavy atom. The van der Waals surface area contributed by atoms with Gasteiger partial charge in [-0.3, -0.25) is 14.5 Å². The van der Waals surface area contributed by atoms with Crippen LogP contribution in [-0.2, 0) is 13.0 Å². The average molecular weight is 508 g/mol. The number of carbonyl (C=O) groups is 2. The number of carboxylic acid groups (broad SMARTS) is 1. The quantitative estimate of drug-likeness (QED) is 0.547. The van der Waals surface area contributed by atoms with Gasteiger partial charge in [0.1, 0.15) is 17.1 Å². The first-order valence-electron chi connectivity index (χ1n) is 12.6. The highest BCUT2D eigenvalue weighted by Crippen LogP contribution is 2.30. The monoisotopic (exact) mass is 507 g/mol. The number of piperazine rings is 1. The lowest BCUT2D eigenvalue weighted by Crippen LogP contribution is -2.49. The molecule has 5 rings (SSSR count). The summed E-state index contributed by atoms with van der Waals surface area (Å²) in [7, 11) is 1.62. The second-order valence-electron chi connectivity index (χ2n) is 9.69. The van der Waals surface area contributed by atoms with Crippen LogP contribution in [0.2, 0.25) is 0 Å². The molecular formula is C28H30FN3O5. The Kier molecular flexibility index (Phi) is 6.72. The fraction of sp³-hybridized carbons (Fsp3) is 0.393. The number of carboxylic acids is 1. The molecule has 1 aliphatic heterocycles. The summed E-state index contributed by atoms with van der Waals surface area (Å²) in [5, 5.41) is 9.42. The lowest BCUT2D eigenvalue weighted by Gasteiger charge is -2.38. The van der Waals surface area contributed by atoms with Crippen molar-refractivity contribution in [3.8, 4) is 5.75 Å². The van der Waals surface area contributed by atoms with Crippen molar-refractivity contribution in [2.75, 3.05) is 44.7 Å². The Morgan fingerprint density at radius 3 is 2.57 bits per heavy atom. The number of hydrogen-bond acceptors (Lipinski definition) is 6. The zero-order valence-electron chi connectivity index (χ0n) is 21.0. The number of rotatable bonds is 6. The van der Waals surface area contributed by atoms with Crippen molar-refractivity contribution in [2.45, 2.75) is 26.3 Å². The molecule has 0 bridgehead atoms. The van der Waals surface area contributed by atoms with Crippen molar-refractivity contribution >= 4 is 28.3 Å². The minimum absolute atomic E-state index is 0.0627. The van der Waals surface area contributed by atoms with E-state index in [2.05, 4.69) is 4.90 Å². The van der Waals surface area contributed by atoms with Gasteiger partial charge in [-0.25, -0.2) is 9.18 Å². The molecule has 0 saturated carbocycles. The number of hydrogen-bond donors (Lipinski definition) is 1. The molecule has 1 unspecified atom stereocenters. The second-order valence-corrected chi connectivity index (χ2v) is 9.69. The molecule has 194 valence electrons. The van der Waals surface area contributed by atoms with Crippen LogP contribution in [0.3, 0.4) is 0 Å². The van der Waals surface area contributed by atoms with Crippen molar-refractivity contribution in [2.24, 2.45) is 5.92 Å². The lowest BCUT2D eigenvalue weighted by atomic mass is 9.82. The summed E-state index contributed by atoms with van der Waals surface area (Å²) in [6, 6.07) is 8.44. The summed E-state index contributed by atoms with van der Waals surface area (Å²) < 4.78 is 22.1. The number of fused-ring (bicyclic) bond motifs is 2. The minimum atomic E-state index is -1.32. The molecule has 0 spiro atoms. The zero-order chi connectivity index (χ0) is 26.3. The van der Waals surface area contributed by atoms with Crippen LogP contribution in [0, 0.1) is 11.7 Å². The molecular weight excluding hydrogens is 477 g/mol. The summed E-state index contributed by atoms with van der Waals surface area (Å²) in [4.78, 5) is 41.4. The first-order valence-corrected chi connectivity index (χ1v) is 12.6. The third-order valence-electron chi connectivity index (χ3n) is 7.62. The fourth-order valence-corrected chi connectivity index (χ4v) is 5.54. The van der Waals surface area contributed by atoms with Gasteiger partial charge < -0.3 is 19.3 Å². The Morgan fingerprint density at radius 2 is 1.89 bits per heavy atom. The van der Waals surface area contributed by atoms with E-state index in [-0.39, 0.29) is 22.7 Å². The van der Waals surface area contributed by atoms with Crippen LogP contribution >= 0.6 is 0 Å². The maximum atomic E-state index is 15.2. The molecule has 37 heavy (non-hydrogen) atoms. The molecule has 0 radical (unpaired) electrons. The smallest absolute Gasteiger partial charge is 0.341 e. The van der Waals surface area contributed by atoms with Gasteiger partial charge in [0.15, 0.2) is 5.78 Å². The molecule has 0 amide bonds. The molecule has 2 heterocycles. The van der Waals surface area contributed by atoms with E-state index in [1.165, 1.54) is 6.20 Å². The number of aryl methyl sites for hydroxylation is 2. The van der Waals surface area contributed by atoms with Gasteiger partial charge in [0.05, 0.1) is 18.3 Å². The van der Waals surface area contributed by atoms with E-state index in [0.717, 1.165) is 35.8 Å². The van der Waals surface area contributed by atoms with Gasteiger partial charge >= 0.3 is 5.97 Å². The normalized spacial score (nSPS) is 18.2. The summed E-state index contributed by atoms with van der Waals surface area (Å²) in [5.74, 6) is -0.996. The zero-order valence-corrected chi connectivity index (χ0v) is 21.0. The predicted octanol–water partition coefficient (Wildman–Crippen LogP) is 3.43. The van der Waals surface area contributed by atoms with Crippen LogP contribution < -0.4 is 15.1 Å². The number of ether oxygens (including phenoxy) is 1. The van der Waals surface area contributed by atoms with E-state index in [0.29, 0.717) is 50.5 Å². The number of anilines is 1. The van der Waals surface area contributed by atoms with Crippen molar-refractivity contribution in [1.82, 2.24) is 9.47 Å². The third-order valence-corrected chi connectivity index (χ3v) is 7.62. The number of ketones is 1. The highest BCUT2D eigenvalue weighted by molar-refractivity contribution is 6.00. The van der Waals surface area contributed by atoms with Crippen LogP contribution in [-0.4, -0.2) is 66.2 Å². The van der Waals surface area contributed by atoms with E-state index in [1.807, 2.05) is 30.0 Å². The van der Waals surface area contributed by atoms with Crippen molar-refractivity contribution in [3.05, 3.63) is 69.3 Å². The standard InChI is InChI=1S/C28H30FN3O5/c1-3-31-16-22(28(35)36)27(34)21-13-23(29)25(14-24(21)31)32-10-8-30(9-11-32)15-18-5-4-17-12-19(37-2)6-7-20(17)26(18)33/h6-7,12-14,16,18H,3-5,8-11,15H2,1-2H3,(H,35,36). The molecule has 1 saturated heterocycles. The van der Waals surface area contributed by atoms with Crippen molar-refractivity contribution < 1.29 is 23.8 Å². The molecule has 1 atom stereocenters. The maximum absolute atomic E-state index is 15.2. The summed E-state index contributed by atoms with van der Waals surface area (Å²) >= 11 is 0. The number of nitrogens with zero attached hydrogens (tertiary/aromatic N) is 3. The Balaban J connectivity index is 1.30. The van der Waals surface area contributed by atoms with Crippen LogP contribution in [0.15, 0.2) is 41.3 Å². The molecule has 1 N–H and O–H groups in total. The molecule has 9 heteroatoms. The molecule has 1 aromatic heterocycles. The van der Waals surface area contributed by atoms with Crippen LogP contribution in [0.4, 0.5) is 10.1 Å².